The smallest absolute Gasteiger partial charge is 0.503 e. The summed E-state index contributed by atoms with van der Waals surface area (Å²) in [6.07, 6.45) is -2.10. The van der Waals surface area contributed by atoms with Crippen LogP contribution >= 0.6 is 27.7 Å². The number of nitrogens with zero attached hydrogens (tertiary/aromatic N) is 2. The molecule has 0 aromatic heterocycles. The number of aromatic hydroxyl groups is 1. The Balaban J connectivity index is 3.40. The zero-order valence-electron chi connectivity index (χ0n) is 10.1. The zero-order chi connectivity index (χ0) is 16.2. The minimum Gasteiger partial charge on any atom is -0.503 e. The van der Waals surface area contributed by atoms with Gasteiger partial charge in [0.1, 0.15) is 5.69 Å². The maximum absolute atomic E-state index is 13.6. The first-order valence-electron chi connectivity index (χ1n) is 4.94. The second-order valence-electron chi connectivity index (χ2n) is 3.27. The molecule has 0 bridgehead atoms. The molecule has 0 aliphatic carbocycles. The second kappa shape index (κ2) is 6.86. The fourth-order valence-corrected chi connectivity index (χ4v) is 1.89. The number of rotatable bonds is 2. The molecule has 0 saturated heterocycles. The molecule has 0 unspecified atom stereocenters. The first-order chi connectivity index (χ1) is 9.69. The molecular weight excluding hydrogens is 382 g/mol. The van der Waals surface area contributed by atoms with E-state index in [-0.39, 0.29) is 5.17 Å². The lowest BCUT2D eigenvalue weighted by molar-refractivity contribution is -0.276. The van der Waals surface area contributed by atoms with Crippen molar-refractivity contribution in [3.05, 3.63) is 16.4 Å². The van der Waals surface area contributed by atoms with E-state index < -0.39 is 33.8 Å². The van der Waals surface area contributed by atoms with Gasteiger partial charge >= 0.3 is 6.36 Å². The average molecular weight is 388 g/mol. The Morgan fingerprint density at radius 1 is 1.57 bits per heavy atom. The molecule has 5 nitrogen and oxygen atoms in total. The molecule has 0 aliphatic heterocycles. The van der Waals surface area contributed by atoms with E-state index in [0.717, 1.165) is 17.8 Å². The Kier molecular flexibility index (Phi) is 5.68. The van der Waals surface area contributed by atoms with Crippen LogP contribution in [-0.2, 0) is 0 Å². The summed E-state index contributed by atoms with van der Waals surface area (Å²) in [5, 5.41) is 20.3. The number of thioether (sulfide) groups is 1. The minimum absolute atomic E-state index is 0.00994. The van der Waals surface area contributed by atoms with Gasteiger partial charge in [-0.3, -0.25) is 5.32 Å². The van der Waals surface area contributed by atoms with E-state index in [9.17, 15) is 22.7 Å². The lowest BCUT2D eigenvalue weighted by atomic mass is 10.2. The minimum atomic E-state index is -5.19. The zero-order valence-corrected chi connectivity index (χ0v) is 12.5. The molecule has 0 radical (unpaired) electrons. The van der Waals surface area contributed by atoms with Crippen LogP contribution in [0, 0.1) is 17.3 Å². The highest BCUT2D eigenvalue weighted by atomic mass is 79.9. The summed E-state index contributed by atoms with van der Waals surface area (Å²) < 4.78 is 53.2. The van der Waals surface area contributed by atoms with Gasteiger partial charge in [-0.05, 0) is 28.3 Å². The van der Waals surface area contributed by atoms with E-state index in [1.165, 1.54) is 6.26 Å². The largest absolute Gasteiger partial charge is 0.573 e. The van der Waals surface area contributed by atoms with Crippen molar-refractivity contribution in [2.45, 2.75) is 6.36 Å². The number of ether oxygens (including phenoxy) is 1. The van der Waals surface area contributed by atoms with Crippen LogP contribution in [0.3, 0.4) is 0 Å². The lowest BCUT2D eigenvalue weighted by Gasteiger charge is -2.13. The Labute approximate surface area is 128 Å². The summed E-state index contributed by atoms with van der Waals surface area (Å²) in [4.78, 5) is 3.71. The van der Waals surface area contributed by atoms with Gasteiger partial charge < -0.3 is 9.84 Å². The van der Waals surface area contributed by atoms with Gasteiger partial charge in [0.2, 0.25) is 5.75 Å². The van der Waals surface area contributed by atoms with Crippen LogP contribution in [0.2, 0.25) is 0 Å². The molecule has 0 heterocycles. The third-order valence-corrected chi connectivity index (χ3v) is 3.08. The molecule has 1 aromatic carbocycles. The number of nitriles is 1. The fraction of sp³-hybridized carbons (Fsp3) is 0.200. The second-order valence-corrected chi connectivity index (χ2v) is 4.92. The van der Waals surface area contributed by atoms with Crippen LogP contribution in [0.15, 0.2) is 15.5 Å². The quantitative estimate of drug-likeness (QED) is 0.266. The van der Waals surface area contributed by atoms with Gasteiger partial charge in [0, 0.05) is 0 Å². The van der Waals surface area contributed by atoms with Gasteiger partial charge in [-0.25, -0.2) is 9.38 Å². The lowest BCUT2D eigenvalue weighted by Crippen LogP contribution is -2.18. The monoisotopic (exact) mass is 387 g/mol. The standard InChI is InChI=1S/C10H6BrF4N3O2S/c1-21-9(17-3-16)18-5-2-4(11)6(12)8(7(5)19)20-10(13,14)15/h2,19H,1H3,(H,17,18). The van der Waals surface area contributed by atoms with Gasteiger partial charge in [0.15, 0.2) is 22.9 Å². The highest BCUT2D eigenvalue weighted by molar-refractivity contribution is 9.10. The maximum Gasteiger partial charge on any atom is 0.573 e. The van der Waals surface area contributed by atoms with E-state index in [4.69, 9.17) is 5.26 Å². The molecule has 0 atom stereocenters. The van der Waals surface area contributed by atoms with E-state index in [2.05, 4.69) is 31.0 Å². The predicted molar refractivity (Wildman–Crippen MR) is 71.8 cm³/mol. The number of amidine groups is 1. The van der Waals surface area contributed by atoms with Crippen LogP contribution in [-0.4, -0.2) is 22.9 Å². The molecule has 0 fully saturated rings. The number of nitrogens with one attached hydrogen (secondary N) is 1. The maximum atomic E-state index is 13.6. The Bertz CT molecular complexity index is 616. The molecule has 0 saturated carbocycles. The number of hydrogen-bond donors (Lipinski definition) is 2. The number of benzene rings is 1. The van der Waals surface area contributed by atoms with Gasteiger partial charge in [-0.2, -0.15) is 5.26 Å². The van der Waals surface area contributed by atoms with E-state index in [1.807, 2.05) is 0 Å². The van der Waals surface area contributed by atoms with Crippen molar-refractivity contribution < 1.29 is 27.4 Å². The van der Waals surface area contributed by atoms with Crippen molar-refractivity contribution in [2.75, 3.05) is 6.26 Å². The first-order valence-corrected chi connectivity index (χ1v) is 6.96. The van der Waals surface area contributed by atoms with Crippen molar-refractivity contribution in [1.29, 1.82) is 5.26 Å². The van der Waals surface area contributed by atoms with Crippen LogP contribution < -0.4 is 10.1 Å². The van der Waals surface area contributed by atoms with E-state index >= 15 is 0 Å². The van der Waals surface area contributed by atoms with Gasteiger partial charge in [0.25, 0.3) is 0 Å². The highest BCUT2D eigenvalue weighted by Gasteiger charge is 2.35. The summed E-state index contributed by atoms with van der Waals surface area (Å²) in [5.74, 6) is -3.98. The van der Waals surface area contributed by atoms with Crippen molar-refractivity contribution in [1.82, 2.24) is 5.32 Å². The number of hydrogen-bond acceptors (Lipinski definition) is 5. The molecule has 1 rings (SSSR count). The first kappa shape index (κ1) is 17.4. The number of halogens is 5. The van der Waals surface area contributed by atoms with Crippen molar-refractivity contribution in [2.24, 2.45) is 4.99 Å². The Morgan fingerprint density at radius 2 is 2.19 bits per heavy atom. The molecule has 114 valence electrons. The molecule has 11 heteroatoms. The normalized spacial score (nSPS) is 12.0. The molecule has 2 N–H and O–H groups in total. The van der Waals surface area contributed by atoms with Crippen LogP contribution in [0.4, 0.5) is 23.2 Å². The number of phenols is 1. The molecule has 1 aromatic rings. The fourth-order valence-electron chi connectivity index (χ4n) is 1.16. The third-order valence-electron chi connectivity index (χ3n) is 1.93. The highest BCUT2D eigenvalue weighted by Crippen LogP contribution is 2.44. The predicted octanol–water partition coefficient (Wildman–Crippen LogP) is 3.61. The van der Waals surface area contributed by atoms with E-state index in [0.29, 0.717) is 0 Å². The SMILES string of the molecule is CSC(=Nc1cc(Br)c(F)c(OC(F)(F)F)c1O)NC#N. The van der Waals surface area contributed by atoms with Crippen molar-refractivity contribution in [3.8, 4) is 17.7 Å². The van der Waals surface area contributed by atoms with Crippen LogP contribution in [0.1, 0.15) is 0 Å². The summed E-state index contributed by atoms with van der Waals surface area (Å²) in [5.41, 5.74) is -0.408. The van der Waals surface area contributed by atoms with Crippen molar-refractivity contribution in [3.63, 3.8) is 0 Å². The van der Waals surface area contributed by atoms with Gasteiger partial charge in [-0.1, -0.05) is 11.8 Å². The Morgan fingerprint density at radius 3 is 2.67 bits per heavy atom. The number of alkyl halides is 3. The average Bonchev–Trinajstić information content (AvgIpc) is 2.39. The number of phenolic OH excluding ortho intramolecular Hbond substituents is 1. The van der Waals surface area contributed by atoms with Gasteiger partial charge in [-0.15, -0.1) is 13.2 Å². The summed E-state index contributed by atoms with van der Waals surface area (Å²) in [6.45, 7) is 0. The van der Waals surface area contributed by atoms with Crippen LogP contribution in [0.5, 0.6) is 11.5 Å². The molecule has 0 amide bonds. The van der Waals surface area contributed by atoms with Crippen LogP contribution in [0.25, 0.3) is 0 Å². The molecule has 21 heavy (non-hydrogen) atoms. The molecule has 0 aliphatic rings. The van der Waals surface area contributed by atoms with Gasteiger partial charge in [0.05, 0.1) is 4.47 Å². The topological polar surface area (TPSA) is 77.6 Å². The summed E-state index contributed by atoms with van der Waals surface area (Å²) in [7, 11) is 0. The number of aliphatic imine (C=N–C) groups is 1. The third kappa shape index (κ3) is 4.68. The summed E-state index contributed by atoms with van der Waals surface area (Å²) >= 11 is 3.65. The Hall–Kier alpha value is -1.67. The van der Waals surface area contributed by atoms with Crippen molar-refractivity contribution >= 4 is 38.5 Å². The van der Waals surface area contributed by atoms with E-state index in [1.54, 1.807) is 6.19 Å². The summed E-state index contributed by atoms with van der Waals surface area (Å²) in [6, 6.07) is 0.948. The molecular formula is C10H6BrF4N3O2S. The molecule has 0 spiro atoms.